The smallest absolute Gasteiger partial charge is 0.0129 e. The zero-order valence-electron chi connectivity index (χ0n) is 13.1. The van der Waals surface area contributed by atoms with E-state index in [1.54, 1.807) is 0 Å². The van der Waals surface area contributed by atoms with E-state index in [1.165, 1.54) is 51.4 Å². The summed E-state index contributed by atoms with van der Waals surface area (Å²) in [5.41, 5.74) is 0. The number of nitrogens with zero attached hydrogens (tertiary/aromatic N) is 1. The molecule has 2 heterocycles. The summed E-state index contributed by atoms with van der Waals surface area (Å²) >= 11 is 0. The molecule has 1 N–H and O–H groups in total. The fourth-order valence-corrected chi connectivity index (χ4v) is 5.17. The molecule has 0 spiro atoms. The van der Waals surface area contributed by atoms with Gasteiger partial charge in [0.05, 0.1) is 0 Å². The van der Waals surface area contributed by atoms with E-state index in [9.17, 15) is 0 Å². The molecule has 0 aromatic rings. The van der Waals surface area contributed by atoms with Crippen molar-refractivity contribution in [2.45, 2.75) is 89.4 Å². The Kier molecular flexibility index (Phi) is 4.19. The highest BCUT2D eigenvalue weighted by Crippen LogP contribution is 2.42. The Morgan fingerprint density at radius 1 is 0.895 bits per heavy atom. The van der Waals surface area contributed by atoms with Crippen LogP contribution >= 0.6 is 0 Å². The highest BCUT2D eigenvalue weighted by Gasteiger charge is 2.44. The number of rotatable bonds is 2. The van der Waals surface area contributed by atoms with Crippen molar-refractivity contribution < 1.29 is 0 Å². The van der Waals surface area contributed by atoms with Gasteiger partial charge in [-0.1, -0.05) is 33.1 Å². The number of piperidine rings is 2. The van der Waals surface area contributed by atoms with Crippen molar-refractivity contribution in [2.24, 2.45) is 11.8 Å². The quantitative estimate of drug-likeness (QED) is 0.822. The van der Waals surface area contributed by atoms with E-state index in [4.69, 9.17) is 0 Å². The molecule has 2 aliphatic heterocycles. The second-order valence-corrected chi connectivity index (χ2v) is 7.48. The molecule has 0 radical (unpaired) electrons. The van der Waals surface area contributed by atoms with E-state index < -0.39 is 0 Å². The van der Waals surface area contributed by atoms with Crippen LogP contribution in [0.15, 0.2) is 0 Å². The molecule has 0 aromatic heterocycles. The average Bonchev–Trinajstić information content (AvgIpc) is 2.40. The topological polar surface area (TPSA) is 15.3 Å². The predicted molar refractivity (Wildman–Crippen MR) is 81.3 cm³/mol. The predicted octanol–water partition coefficient (Wildman–Crippen LogP) is 3.42. The fourth-order valence-electron chi connectivity index (χ4n) is 5.17. The Labute approximate surface area is 119 Å². The van der Waals surface area contributed by atoms with Gasteiger partial charge in [0.2, 0.25) is 0 Å². The van der Waals surface area contributed by atoms with Gasteiger partial charge in [0, 0.05) is 24.2 Å². The minimum absolute atomic E-state index is 0.780. The SMILES string of the molecule is CNC1CC2CCCC(C1)N2C1CCCC(C)C1C. The van der Waals surface area contributed by atoms with Gasteiger partial charge in [-0.3, -0.25) is 4.90 Å². The third-order valence-corrected chi connectivity index (χ3v) is 6.49. The Balaban J connectivity index is 1.76. The molecule has 3 fully saturated rings. The lowest BCUT2D eigenvalue weighted by molar-refractivity contribution is -0.0479. The third kappa shape index (κ3) is 2.58. The van der Waals surface area contributed by atoms with Crippen molar-refractivity contribution in [1.29, 1.82) is 0 Å². The van der Waals surface area contributed by atoms with Crippen LogP contribution in [0, 0.1) is 11.8 Å². The number of hydrogen-bond acceptors (Lipinski definition) is 2. The first-order valence-corrected chi connectivity index (χ1v) is 8.65. The average molecular weight is 264 g/mol. The normalized spacial score (nSPS) is 48.2. The summed E-state index contributed by atoms with van der Waals surface area (Å²) in [6, 6.07) is 3.42. The van der Waals surface area contributed by atoms with Crippen LogP contribution in [0.4, 0.5) is 0 Å². The number of fused-ring (bicyclic) bond motifs is 2. The highest BCUT2D eigenvalue weighted by atomic mass is 15.2. The van der Waals surface area contributed by atoms with Crippen LogP contribution < -0.4 is 5.32 Å². The van der Waals surface area contributed by atoms with Crippen molar-refractivity contribution in [2.75, 3.05) is 7.05 Å². The Morgan fingerprint density at radius 2 is 1.53 bits per heavy atom. The summed E-state index contributed by atoms with van der Waals surface area (Å²) in [6.45, 7) is 5.00. The lowest BCUT2D eigenvalue weighted by Gasteiger charge is -2.55. The number of nitrogens with one attached hydrogen (secondary N) is 1. The van der Waals surface area contributed by atoms with E-state index in [0.29, 0.717) is 0 Å². The molecular weight excluding hydrogens is 232 g/mol. The lowest BCUT2D eigenvalue weighted by atomic mass is 9.73. The van der Waals surface area contributed by atoms with Gasteiger partial charge >= 0.3 is 0 Å². The molecule has 19 heavy (non-hydrogen) atoms. The minimum atomic E-state index is 0.780. The fraction of sp³-hybridized carbons (Fsp3) is 1.00. The second-order valence-electron chi connectivity index (χ2n) is 7.48. The van der Waals surface area contributed by atoms with Gasteiger partial charge in [-0.25, -0.2) is 0 Å². The zero-order valence-corrected chi connectivity index (χ0v) is 13.1. The van der Waals surface area contributed by atoms with Crippen molar-refractivity contribution in [3.05, 3.63) is 0 Å². The molecule has 2 heteroatoms. The van der Waals surface area contributed by atoms with Crippen LogP contribution in [0.25, 0.3) is 0 Å². The van der Waals surface area contributed by atoms with Crippen LogP contribution in [-0.4, -0.2) is 36.1 Å². The zero-order chi connectivity index (χ0) is 13.4. The molecule has 2 nitrogen and oxygen atoms in total. The van der Waals surface area contributed by atoms with Crippen LogP contribution in [0.1, 0.15) is 65.2 Å². The van der Waals surface area contributed by atoms with Gasteiger partial charge in [-0.2, -0.15) is 0 Å². The van der Waals surface area contributed by atoms with Gasteiger partial charge in [-0.05, 0) is 51.0 Å². The first kappa shape index (κ1) is 13.9. The maximum Gasteiger partial charge on any atom is 0.0129 e. The van der Waals surface area contributed by atoms with Crippen molar-refractivity contribution >= 4 is 0 Å². The Morgan fingerprint density at radius 3 is 2.16 bits per heavy atom. The summed E-state index contributed by atoms with van der Waals surface area (Å²) < 4.78 is 0. The molecule has 3 rings (SSSR count). The molecule has 110 valence electrons. The third-order valence-electron chi connectivity index (χ3n) is 6.49. The van der Waals surface area contributed by atoms with Crippen LogP contribution in [0.3, 0.4) is 0 Å². The largest absolute Gasteiger partial charge is 0.317 e. The summed E-state index contributed by atoms with van der Waals surface area (Å²) in [4.78, 5) is 3.00. The minimum Gasteiger partial charge on any atom is -0.317 e. The van der Waals surface area contributed by atoms with Crippen molar-refractivity contribution in [1.82, 2.24) is 10.2 Å². The van der Waals surface area contributed by atoms with E-state index in [0.717, 1.165) is 36.0 Å². The van der Waals surface area contributed by atoms with Crippen LogP contribution in [0.5, 0.6) is 0 Å². The lowest BCUT2D eigenvalue weighted by Crippen LogP contribution is -2.61. The monoisotopic (exact) mass is 264 g/mol. The van der Waals surface area contributed by atoms with Gasteiger partial charge in [0.25, 0.3) is 0 Å². The van der Waals surface area contributed by atoms with Crippen LogP contribution in [-0.2, 0) is 0 Å². The van der Waals surface area contributed by atoms with Gasteiger partial charge < -0.3 is 5.32 Å². The second kappa shape index (κ2) is 5.73. The van der Waals surface area contributed by atoms with Gasteiger partial charge in [0.15, 0.2) is 0 Å². The summed E-state index contributed by atoms with van der Waals surface area (Å²) in [7, 11) is 2.15. The van der Waals surface area contributed by atoms with E-state index in [-0.39, 0.29) is 0 Å². The molecule has 2 bridgehead atoms. The molecule has 2 saturated heterocycles. The molecule has 0 amide bonds. The summed E-state index contributed by atoms with van der Waals surface area (Å²) in [6.07, 6.45) is 11.5. The first-order chi connectivity index (χ1) is 9.20. The molecule has 5 atom stereocenters. The Hall–Kier alpha value is -0.0800. The summed E-state index contributed by atoms with van der Waals surface area (Å²) in [5, 5.41) is 3.55. The van der Waals surface area contributed by atoms with Crippen molar-refractivity contribution in [3.8, 4) is 0 Å². The van der Waals surface area contributed by atoms with Crippen LogP contribution in [0.2, 0.25) is 0 Å². The molecule has 3 aliphatic rings. The van der Waals surface area contributed by atoms with Crippen molar-refractivity contribution in [3.63, 3.8) is 0 Å². The molecule has 1 saturated carbocycles. The molecule has 0 aromatic carbocycles. The first-order valence-electron chi connectivity index (χ1n) is 8.65. The standard InChI is InChI=1S/C17H32N2/c1-12-6-4-9-17(13(12)2)19-15-7-5-8-16(19)11-14(10-15)18-3/h12-18H,4-11H2,1-3H3. The summed E-state index contributed by atoms with van der Waals surface area (Å²) in [5.74, 6) is 1.84. The molecule has 1 aliphatic carbocycles. The van der Waals surface area contributed by atoms with E-state index >= 15 is 0 Å². The Bertz CT molecular complexity index is 290. The van der Waals surface area contributed by atoms with E-state index in [1.807, 2.05) is 0 Å². The molecule has 5 unspecified atom stereocenters. The maximum absolute atomic E-state index is 3.55. The highest BCUT2D eigenvalue weighted by molar-refractivity contribution is 4.99. The van der Waals surface area contributed by atoms with Gasteiger partial charge in [-0.15, -0.1) is 0 Å². The molecular formula is C17H32N2. The van der Waals surface area contributed by atoms with E-state index in [2.05, 4.69) is 31.1 Å². The van der Waals surface area contributed by atoms with Gasteiger partial charge in [0.1, 0.15) is 0 Å². The number of hydrogen-bond donors (Lipinski definition) is 1. The maximum atomic E-state index is 3.55.